The Hall–Kier alpha value is -1.67. The summed E-state index contributed by atoms with van der Waals surface area (Å²) in [5.41, 5.74) is 0.712. The number of aliphatic carboxylic acids is 1. The van der Waals surface area contributed by atoms with Crippen molar-refractivity contribution in [1.82, 2.24) is 0 Å². The van der Waals surface area contributed by atoms with Crippen LogP contribution in [0.1, 0.15) is 12.8 Å². The van der Waals surface area contributed by atoms with Crippen molar-refractivity contribution < 1.29 is 19.6 Å². The molecule has 1 heterocycles. The summed E-state index contributed by atoms with van der Waals surface area (Å²) in [4.78, 5) is 20.9. The van der Waals surface area contributed by atoms with Gasteiger partial charge in [0, 0.05) is 28.8 Å². The van der Waals surface area contributed by atoms with Crippen LogP contribution in [0.5, 0.6) is 0 Å². The molecule has 20 heavy (non-hydrogen) atoms. The van der Waals surface area contributed by atoms with Crippen LogP contribution in [0.15, 0.2) is 22.7 Å². The summed E-state index contributed by atoms with van der Waals surface area (Å²) in [5, 5.41) is 22.5. The molecular weight excluding hydrogens is 332 g/mol. The highest BCUT2D eigenvalue weighted by Crippen LogP contribution is 2.28. The van der Waals surface area contributed by atoms with Crippen LogP contribution in [0.3, 0.4) is 0 Å². The number of nitro benzene ring substituents is 1. The number of ether oxygens (including phenoxy) is 1. The molecule has 0 aromatic heterocycles. The van der Waals surface area contributed by atoms with Gasteiger partial charge in [-0.2, -0.15) is 0 Å². The minimum Gasteiger partial charge on any atom is -0.479 e. The highest BCUT2D eigenvalue weighted by Gasteiger charge is 2.30. The third-order valence-electron chi connectivity index (χ3n) is 3.07. The van der Waals surface area contributed by atoms with Gasteiger partial charge in [-0.15, -0.1) is 0 Å². The van der Waals surface area contributed by atoms with Crippen molar-refractivity contribution in [2.45, 2.75) is 25.0 Å². The zero-order chi connectivity index (χ0) is 14.7. The van der Waals surface area contributed by atoms with Gasteiger partial charge in [0.1, 0.15) is 0 Å². The second-order valence-electron chi connectivity index (χ2n) is 4.46. The molecular formula is C12H13BrN2O5. The third-order valence-corrected chi connectivity index (χ3v) is 3.72. The maximum absolute atomic E-state index is 10.8. The van der Waals surface area contributed by atoms with Crippen LogP contribution in [-0.2, 0) is 9.53 Å². The van der Waals surface area contributed by atoms with Gasteiger partial charge in [-0.1, -0.05) is 0 Å². The van der Waals surface area contributed by atoms with E-state index in [2.05, 4.69) is 21.2 Å². The number of anilines is 1. The number of rotatable bonds is 5. The predicted octanol–water partition coefficient (Wildman–Crippen LogP) is 2.40. The lowest BCUT2D eigenvalue weighted by atomic mass is 10.2. The molecule has 1 aliphatic rings. The molecule has 1 fully saturated rings. The van der Waals surface area contributed by atoms with Crippen molar-refractivity contribution in [2.75, 3.05) is 11.9 Å². The standard InChI is InChI=1S/C12H13BrN2O5/c13-9-5-7(15(18)19)1-3-10(9)14-6-8-2-4-11(20-8)12(16)17/h1,3,5,8,11,14H,2,4,6H2,(H,16,17). The summed E-state index contributed by atoms with van der Waals surface area (Å²) in [6.45, 7) is 0.459. The topological polar surface area (TPSA) is 102 Å². The van der Waals surface area contributed by atoms with E-state index in [-0.39, 0.29) is 11.8 Å². The van der Waals surface area contributed by atoms with E-state index in [1.807, 2.05) is 0 Å². The number of hydrogen-bond acceptors (Lipinski definition) is 5. The molecule has 0 bridgehead atoms. The number of halogens is 1. The lowest BCUT2D eigenvalue weighted by molar-refractivity contribution is -0.384. The fourth-order valence-corrected chi connectivity index (χ4v) is 2.53. The minimum absolute atomic E-state index is 0.00508. The number of nitro groups is 1. The predicted molar refractivity (Wildman–Crippen MR) is 74.8 cm³/mol. The van der Waals surface area contributed by atoms with Crippen LogP contribution < -0.4 is 5.32 Å². The third kappa shape index (κ3) is 3.45. The van der Waals surface area contributed by atoms with Gasteiger partial charge in [-0.3, -0.25) is 10.1 Å². The molecule has 7 nitrogen and oxygen atoms in total. The van der Waals surface area contributed by atoms with E-state index in [0.29, 0.717) is 29.5 Å². The zero-order valence-corrected chi connectivity index (χ0v) is 12.0. The van der Waals surface area contributed by atoms with E-state index < -0.39 is 17.0 Å². The van der Waals surface area contributed by atoms with Gasteiger partial charge in [0.2, 0.25) is 0 Å². The summed E-state index contributed by atoms with van der Waals surface area (Å²) in [7, 11) is 0. The Morgan fingerprint density at radius 1 is 1.55 bits per heavy atom. The number of carboxylic acid groups (broad SMARTS) is 1. The first kappa shape index (κ1) is 14.7. The highest BCUT2D eigenvalue weighted by atomic mass is 79.9. The molecule has 1 saturated heterocycles. The normalized spacial score (nSPS) is 21.6. The van der Waals surface area contributed by atoms with Gasteiger partial charge in [-0.25, -0.2) is 4.79 Å². The number of nitrogens with zero attached hydrogens (tertiary/aromatic N) is 1. The molecule has 0 radical (unpaired) electrons. The summed E-state index contributed by atoms with van der Waals surface area (Å²) in [6.07, 6.45) is 0.276. The van der Waals surface area contributed by atoms with Crippen molar-refractivity contribution in [2.24, 2.45) is 0 Å². The maximum atomic E-state index is 10.8. The smallest absolute Gasteiger partial charge is 0.332 e. The SMILES string of the molecule is O=C(O)C1CCC(CNc2ccc([N+](=O)[O-])cc2Br)O1. The number of carboxylic acids is 1. The van der Waals surface area contributed by atoms with E-state index in [0.717, 1.165) is 0 Å². The fraction of sp³-hybridized carbons (Fsp3) is 0.417. The van der Waals surface area contributed by atoms with Gasteiger partial charge in [-0.05, 0) is 34.8 Å². The molecule has 0 spiro atoms. The summed E-state index contributed by atoms with van der Waals surface area (Å²) >= 11 is 3.26. The summed E-state index contributed by atoms with van der Waals surface area (Å²) in [5.74, 6) is -0.941. The lowest BCUT2D eigenvalue weighted by Crippen LogP contribution is -2.24. The van der Waals surface area contributed by atoms with E-state index >= 15 is 0 Å². The highest BCUT2D eigenvalue weighted by molar-refractivity contribution is 9.10. The van der Waals surface area contributed by atoms with Crippen LogP contribution in [0.4, 0.5) is 11.4 Å². The van der Waals surface area contributed by atoms with Crippen molar-refractivity contribution in [3.8, 4) is 0 Å². The number of carbonyl (C=O) groups is 1. The Labute approximate surface area is 123 Å². The number of benzene rings is 1. The first-order valence-electron chi connectivity index (χ1n) is 6.03. The Balaban J connectivity index is 1.92. The molecule has 2 rings (SSSR count). The first-order chi connectivity index (χ1) is 9.47. The Morgan fingerprint density at radius 3 is 2.85 bits per heavy atom. The van der Waals surface area contributed by atoms with Crippen LogP contribution in [-0.4, -0.2) is 34.8 Å². The van der Waals surface area contributed by atoms with Gasteiger partial charge in [0.05, 0.1) is 11.0 Å². The lowest BCUT2D eigenvalue weighted by Gasteiger charge is -2.14. The second-order valence-corrected chi connectivity index (χ2v) is 5.32. The fourth-order valence-electron chi connectivity index (χ4n) is 2.02. The summed E-state index contributed by atoms with van der Waals surface area (Å²) in [6, 6.07) is 4.42. The molecule has 8 heteroatoms. The van der Waals surface area contributed by atoms with E-state index in [1.54, 1.807) is 6.07 Å². The molecule has 2 N–H and O–H groups in total. The van der Waals surface area contributed by atoms with Crippen LogP contribution in [0.2, 0.25) is 0 Å². The monoisotopic (exact) mass is 344 g/mol. The molecule has 1 aromatic carbocycles. The molecule has 1 aromatic rings. The summed E-state index contributed by atoms with van der Waals surface area (Å²) < 4.78 is 5.94. The second kappa shape index (κ2) is 6.19. The first-order valence-corrected chi connectivity index (χ1v) is 6.82. The van der Waals surface area contributed by atoms with Crippen molar-refractivity contribution in [3.05, 3.63) is 32.8 Å². The zero-order valence-electron chi connectivity index (χ0n) is 10.4. The van der Waals surface area contributed by atoms with Gasteiger partial charge in [0.15, 0.2) is 6.10 Å². The molecule has 2 unspecified atom stereocenters. The average molecular weight is 345 g/mol. The van der Waals surface area contributed by atoms with Crippen LogP contribution >= 0.6 is 15.9 Å². The molecule has 1 aliphatic heterocycles. The molecule has 0 amide bonds. The van der Waals surface area contributed by atoms with E-state index in [4.69, 9.17) is 9.84 Å². The van der Waals surface area contributed by atoms with Gasteiger partial charge < -0.3 is 15.2 Å². The number of non-ortho nitro benzene ring substituents is 1. The minimum atomic E-state index is -0.941. The number of nitrogens with one attached hydrogen (secondary N) is 1. The average Bonchev–Trinajstić information content (AvgIpc) is 2.86. The largest absolute Gasteiger partial charge is 0.479 e. The van der Waals surface area contributed by atoms with Crippen LogP contribution in [0.25, 0.3) is 0 Å². The molecule has 0 saturated carbocycles. The molecule has 108 valence electrons. The number of hydrogen-bond donors (Lipinski definition) is 2. The Kier molecular flexibility index (Phi) is 4.56. The molecule has 2 atom stereocenters. The molecule has 0 aliphatic carbocycles. The van der Waals surface area contributed by atoms with E-state index in [9.17, 15) is 14.9 Å². The van der Waals surface area contributed by atoms with Gasteiger partial charge in [0.25, 0.3) is 5.69 Å². The van der Waals surface area contributed by atoms with Crippen molar-refractivity contribution >= 4 is 33.3 Å². The van der Waals surface area contributed by atoms with E-state index in [1.165, 1.54) is 12.1 Å². The quantitative estimate of drug-likeness (QED) is 0.628. The van der Waals surface area contributed by atoms with Crippen LogP contribution in [0, 0.1) is 10.1 Å². The Bertz CT molecular complexity index is 537. The van der Waals surface area contributed by atoms with Crippen molar-refractivity contribution in [3.63, 3.8) is 0 Å². The van der Waals surface area contributed by atoms with Gasteiger partial charge >= 0.3 is 5.97 Å². The van der Waals surface area contributed by atoms with Crippen molar-refractivity contribution in [1.29, 1.82) is 0 Å². The maximum Gasteiger partial charge on any atom is 0.332 e. The Morgan fingerprint density at radius 2 is 2.30 bits per heavy atom.